The molecule has 0 saturated heterocycles. The predicted molar refractivity (Wildman–Crippen MR) is 103 cm³/mol. The standard InChI is InChI=1S/C16H20F2N4O4S2/c1-9(24)12(7-23)19-13-6-14(22-28(2,25)26)21-16(20-13)27-8-10-4-3-5-11(17)15(10)18/h3-6,9,12,23-24H,7-8H2,1-2H3,(H2,19,20,21,22)/t9-,12-/m0/s1. The van der Waals surface area contributed by atoms with Gasteiger partial charge in [0.15, 0.2) is 16.8 Å². The molecule has 0 spiro atoms. The van der Waals surface area contributed by atoms with E-state index in [4.69, 9.17) is 0 Å². The summed E-state index contributed by atoms with van der Waals surface area (Å²) in [4.78, 5) is 8.21. The van der Waals surface area contributed by atoms with Gasteiger partial charge in [-0.3, -0.25) is 4.72 Å². The average Bonchev–Trinajstić information content (AvgIpc) is 2.59. The third-order valence-electron chi connectivity index (χ3n) is 3.50. The van der Waals surface area contributed by atoms with E-state index >= 15 is 0 Å². The number of hydrogen-bond donors (Lipinski definition) is 4. The molecule has 4 N–H and O–H groups in total. The first kappa shape index (κ1) is 22.3. The Balaban J connectivity index is 2.29. The van der Waals surface area contributed by atoms with Gasteiger partial charge in [0.2, 0.25) is 10.0 Å². The number of aliphatic hydroxyl groups excluding tert-OH is 2. The number of aliphatic hydroxyl groups is 2. The molecule has 28 heavy (non-hydrogen) atoms. The highest BCUT2D eigenvalue weighted by molar-refractivity contribution is 7.98. The minimum absolute atomic E-state index is 0.00515. The molecule has 0 bridgehead atoms. The van der Waals surface area contributed by atoms with Crippen molar-refractivity contribution < 1.29 is 27.4 Å². The van der Waals surface area contributed by atoms with Crippen LogP contribution in [0, 0.1) is 11.6 Å². The molecule has 0 saturated carbocycles. The van der Waals surface area contributed by atoms with Gasteiger partial charge in [-0.25, -0.2) is 27.2 Å². The summed E-state index contributed by atoms with van der Waals surface area (Å²) < 4.78 is 52.3. The van der Waals surface area contributed by atoms with Crippen molar-refractivity contribution in [3.8, 4) is 0 Å². The van der Waals surface area contributed by atoms with Crippen LogP contribution in [0.5, 0.6) is 0 Å². The van der Waals surface area contributed by atoms with Crippen LogP contribution in [-0.4, -0.2) is 53.6 Å². The highest BCUT2D eigenvalue weighted by atomic mass is 32.2. The van der Waals surface area contributed by atoms with Gasteiger partial charge in [-0.1, -0.05) is 23.9 Å². The van der Waals surface area contributed by atoms with Gasteiger partial charge in [0.05, 0.1) is 25.0 Å². The van der Waals surface area contributed by atoms with Crippen molar-refractivity contribution in [2.24, 2.45) is 0 Å². The second-order valence-electron chi connectivity index (χ2n) is 5.97. The minimum Gasteiger partial charge on any atom is -0.394 e. The molecular formula is C16H20F2N4O4S2. The molecular weight excluding hydrogens is 414 g/mol. The lowest BCUT2D eigenvalue weighted by atomic mass is 10.2. The second-order valence-corrected chi connectivity index (χ2v) is 8.66. The van der Waals surface area contributed by atoms with E-state index in [1.165, 1.54) is 25.1 Å². The van der Waals surface area contributed by atoms with Crippen molar-refractivity contribution >= 4 is 33.4 Å². The molecule has 0 aliphatic rings. The number of aromatic nitrogens is 2. The lowest BCUT2D eigenvalue weighted by Gasteiger charge is -2.20. The quantitative estimate of drug-likeness (QED) is 0.346. The zero-order valence-corrected chi connectivity index (χ0v) is 16.7. The topological polar surface area (TPSA) is 124 Å². The van der Waals surface area contributed by atoms with Crippen LogP contribution in [0.4, 0.5) is 20.4 Å². The van der Waals surface area contributed by atoms with Crippen LogP contribution >= 0.6 is 11.8 Å². The number of benzene rings is 1. The molecule has 154 valence electrons. The Hall–Kier alpha value is -2.02. The summed E-state index contributed by atoms with van der Waals surface area (Å²) in [6.07, 6.45) is 0.0347. The number of nitrogens with one attached hydrogen (secondary N) is 2. The third kappa shape index (κ3) is 6.55. The van der Waals surface area contributed by atoms with Gasteiger partial charge in [0.25, 0.3) is 0 Å². The van der Waals surface area contributed by atoms with E-state index in [0.29, 0.717) is 0 Å². The lowest BCUT2D eigenvalue weighted by molar-refractivity contribution is 0.132. The molecule has 1 aromatic heterocycles. The van der Waals surface area contributed by atoms with Crippen molar-refractivity contribution in [3.05, 3.63) is 41.5 Å². The van der Waals surface area contributed by atoms with Crippen molar-refractivity contribution in [1.29, 1.82) is 0 Å². The van der Waals surface area contributed by atoms with Crippen LogP contribution in [0.15, 0.2) is 29.4 Å². The normalized spacial score (nSPS) is 13.8. The zero-order valence-electron chi connectivity index (χ0n) is 15.1. The maximum atomic E-state index is 13.8. The van der Waals surface area contributed by atoms with Gasteiger partial charge in [-0.05, 0) is 13.0 Å². The van der Waals surface area contributed by atoms with Gasteiger partial charge in [0, 0.05) is 17.4 Å². The molecule has 1 heterocycles. The molecule has 0 amide bonds. The zero-order chi connectivity index (χ0) is 20.9. The van der Waals surface area contributed by atoms with E-state index in [-0.39, 0.29) is 28.1 Å². The number of sulfonamides is 1. The van der Waals surface area contributed by atoms with Gasteiger partial charge in [-0.2, -0.15) is 0 Å². The number of thioether (sulfide) groups is 1. The fraction of sp³-hybridized carbons (Fsp3) is 0.375. The minimum atomic E-state index is -3.63. The summed E-state index contributed by atoms with van der Waals surface area (Å²) in [5.41, 5.74) is 0.0989. The van der Waals surface area contributed by atoms with E-state index in [1.807, 2.05) is 0 Å². The van der Waals surface area contributed by atoms with E-state index in [2.05, 4.69) is 20.0 Å². The van der Waals surface area contributed by atoms with Crippen LogP contribution < -0.4 is 10.0 Å². The summed E-state index contributed by atoms with van der Waals surface area (Å²) in [7, 11) is -3.63. The van der Waals surface area contributed by atoms with Gasteiger partial charge in [0.1, 0.15) is 11.6 Å². The Labute approximate surface area is 165 Å². The molecule has 12 heteroatoms. The van der Waals surface area contributed by atoms with Crippen LogP contribution in [0.3, 0.4) is 0 Å². The fourth-order valence-electron chi connectivity index (χ4n) is 2.12. The van der Waals surface area contributed by atoms with Gasteiger partial charge in [-0.15, -0.1) is 0 Å². The van der Waals surface area contributed by atoms with Crippen molar-refractivity contribution in [1.82, 2.24) is 9.97 Å². The molecule has 0 aliphatic heterocycles. The fourth-order valence-corrected chi connectivity index (χ4v) is 3.43. The number of anilines is 2. The van der Waals surface area contributed by atoms with E-state index < -0.39 is 40.4 Å². The first-order chi connectivity index (χ1) is 13.1. The molecule has 0 aliphatic carbocycles. The lowest BCUT2D eigenvalue weighted by Crippen LogP contribution is -2.35. The van der Waals surface area contributed by atoms with E-state index in [9.17, 15) is 27.4 Å². The van der Waals surface area contributed by atoms with Gasteiger partial charge < -0.3 is 15.5 Å². The van der Waals surface area contributed by atoms with Crippen molar-refractivity contribution in [2.45, 2.75) is 30.0 Å². The monoisotopic (exact) mass is 434 g/mol. The van der Waals surface area contributed by atoms with Crippen LogP contribution in [0.2, 0.25) is 0 Å². The average molecular weight is 434 g/mol. The molecule has 0 radical (unpaired) electrons. The number of halogens is 2. The van der Waals surface area contributed by atoms with Crippen molar-refractivity contribution in [3.63, 3.8) is 0 Å². The van der Waals surface area contributed by atoms with Crippen LogP contribution in [0.1, 0.15) is 12.5 Å². The Morgan fingerprint density at radius 3 is 2.54 bits per heavy atom. The highest BCUT2D eigenvalue weighted by Gasteiger charge is 2.17. The molecule has 0 fully saturated rings. The maximum absolute atomic E-state index is 13.8. The predicted octanol–water partition coefficient (Wildman–Crippen LogP) is 1.57. The Bertz CT molecular complexity index is 929. The Kier molecular flexibility index (Phi) is 7.52. The summed E-state index contributed by atoms with van der Waals surface area (Å²) in [5.74, 6) is -1.86. The summed E-state index contributed by atoms with van der Waals surface area (Å²) in [5, 5.41) is 21.8. The SMILES string of the molecule is C[C@H](O)[C@H](CO)Nc1cc(NS(C)(=O)=O)nc(SCc2cccc(F)c2F)n1. The molecule has 8 nitrogen and oxygen atoms in total. The van der Waals surface area contributed by atoms with Crippen molar-refractivity contribution in [2.75, 3.05) is 22.9 Å². The highest BCUT2D eigenvalue weighted by Crippen LogP contribution is 2.25. The van der Waals surface area contributed by atoms with E-state index in [1.54, 1.807) is 0 Å². The Morgan fingerprint density at radius 2 is 1.93 bits per heavy atom. The molecule has 0 unspecified atom stereocenters. The molecule has 2 atom stereocenters. The summed E-state index contributed by atoms with van der Waals surface area (Å²) >= 11 is 0.965. The number of rotatable bonds is 9. The molecule has 2 aromatic rings. The third-order valence-corrected chi connectivity index (χ3v) is 4.97. The largest absolute Gasteiger partial charge is 0.394 e. The second kappa shape index (κ2) is 9.45. The van der Waals surface area contributed by atoms with Crippen LogP contribution in [0.25, 0.3) is 0 Å². The first-order valence-electron chi connectivity index (χ1n) is 8.07. The summed E-state index contributed by atoms with van der Waals surface area (Å²) in [6.45, 7) is 1.07. The molecule has 2 rings (SSSR count). The summed E-state index contributed by atoms with van der Waals surface area (Å²) in [6, 6.07) is 4.33. The maximum Gasteiger partial charge on any atom is 0.230 e. The number of hydrogen-bond acceptors (Lipinski definition) is 8. The smallest absolute Gasteiger partial charge is 0.230 e. The number of nitrogens with zero attached hydrogens (tertiary/aromatic N) is 2. The van der Waals surface area contributed by atoms with Gasteiger partial charge >= 0.3 is 0 Å². The Morgan fingerprint density at radius 1 is 1.25 bits per heavy atom. The van der Waals surface area contributed by atoms with Crippen LogP contribution in [-0.2, 0) is 15.8 Å². The first-order valence-corrected chi connectivity index (χ1v) is 10.9. The molecule has 1 aromatic carbocycles. The van der Waals surface area contributed by atoms with E-state index in [0.717, 1.165) is 24.1 Å².